The number of carbonyl (C=O) groups is 1. The molecule has 1 heterocycles. The Morgan fingerprint density at radius 1 is 1.12 bits per heavy atom. The fourth-order valence-corrected chi connectivity index (χ4v) is 4.96. The zero-order valence-electron chi connectivity index (χ0n) is 15.4. The van der Waals surface area contributed by atoms with Crippen molar-refractivity contribution >= 4 is 11.7 Å². The summed E-state index contributed by atoms with van der Waals surface area (Å²) in [4.78, 5) is 16.3. The van der Waals surface area contributed by atoms with Crippen LogP contribution in [0.25, 0.3) is 0 Å². The Labute approximate surface area is 153 Å². The van der Waals surface area contributed by atoms with Crippen LogP contribution < -0.4 is 4.90 Å². The van der Waals surface area contributed by atoms with E-state index in [4.69, 9.17) is 0 Å². The van der Waals surface area contributed by atoms with Crippen LogP contribution in [0, 0.1) is 5.41 Å². The SMILES string of the molecule is CCOC(=O)C(F)(F)C12CC(c3ccc(N4CCN(C)CC4)cc3)(C1)C2. The maximum atomic E-state index is 14.4. The van der Waals surface area contributed by atoms with Gasteiger partial charge in [-0.05, 0) is 56.3 Å². The summed E-state index contributed by atoms with van der Waals surface area (Å²) < 4.78 is 33.4. The molecule has 2 bridgehead atoms. The zero-order valence-corrected chi connectivity index (χ0v) is 15.4. The van der Waals surface area contributed by atoms with Gasteiger partial charge in [0.05, 0.1) is 6.61 Å². The molecule has 4 aliphatic rings. The molecule has 0 radical (unpaired) electrons. The van der Waals surface area contributed by atoms with Crippen molar-refractivity contribution in [3.63, 3.8) is 0 Å². The van der Waals surface area contributed by atoms with Crippen LogP contribution in [-0.4, -0.2) is 56.6 Å². The molecule has 0 N–H and O–H groups in total. The molecule has 5 rings (SSSR count). The summed E-state index contributed by atoms with van der Waals surface area (Å²) in [5.74, 6) is -4.73. The van der Waals surface area contributed by atoms with Gasteiger partial charge in [-0.1, -0.05) is 12.1 Å². The normalized spacial score (nSPS) is 31.2. The minimum atomic E-state index is -3.37. The number of halogens is 2. The first kappa shape index (κ1) is 17.7. The first-order chi connectivity index (χ1) is 12.3. The second kappa shape index (κ2) is 5.91. The summed E-state index contributed by atoms with van der Waals surface area (Å²) in [6, 6.07) is 8.38. The average Bonchev–Trinajstić information content (AvgIpc) is 2.54. The Morgan fingerprint density at radius 2 is 1.69 bits per heavy atom. The quantitative estimate of drug-likeness (QED) is 0.752. The molecule has 6 heteroatoms. The maximum absolute atomic E-state index is 14.4. The van der Waals surface area contributed by atoms with E-state index < -0.39 is 17.3 Å². The lowest BCUT2D eigenvalue weighted by Crippen LogP contribution is -2.73. The van der Waals surface area contributed by atoms with Crippen LogP contribution >= 0.6 is 0 Å². The molecule has 3 saturated carbocycles. The zero-order chi connectivity index (χ0) is 18.6. The minimum absolute atomic E-state index is 0.0105. The predicted molar refractivity (Wildman–Crippen MR) is 95.7 cm³/mol. The summed E-state index contributed by atoms with van der Waals surface area (Å²) in [5.41, 5.74) is 0.961. The smallest absolute Gasteiger partial charge is 0.377 e. The monoisotopic (exact) mass is 364 g/mol. The topological polar surface area (TPSA) is 32.8 Å². The Bertz CT molecular complexity index is 676. The van der Waals surface area contributed by atoms with Gasteiger partial charge in [-0.2, -0.15) is 8.78 Å². The molecule has 1 aromatic carbocycles. The number of alkyl halides is 2. The van der Waals surface area contributed by atoms with Crippen molar-refractivity contribution in [1.82, 2.24) is 4.90 Å². The van der Waals surface area contributed by atoms with Gasteiger partial charge in [0.25, 0.3) is 0 Å². The molecular weight excluding hydrogens is 338 g/mol. The standard InChI is InChI=1S/C20H26F2N2O2/c1-3-26-17(25)20(21,22)19-12-18(13-19,14-19)15-4-6-16(7-5-15)24-10-8-23(2)9-11-24/h4-7H,3,8-14H2,1-2H3. The number of esters is 1. The first-order valence-electron chi connectivity index (χ1n) is 9.41. The van der Waals surface area contributed by atoms with E-state index in [9.17, 15) is 13.6 Å². The molecule has 3 aliphatic carbocycles. The Kier molecular flexibility index (Phi) is 4.03. The van der Waals surface area contributed by atoms with Crippen molar-refractivity contribution < 1.29 is 18.3 Å². The van der Waals surface area contributed by atoms with Gasteiger partial charge < -0.3 is 14.5 Å². The summed E-state index contributed by atoms with van der Waals surface area (Å²) in [6.45, 7) is 5.67. The highest BCUT2D eigenvalue weighted by molar-refractivity contribution is 5.80. The van der Waals surface area contributed by atoms with E-state index in [-0.39, 0.29) is 12.0 Å². The van der Waals surface area contributed by atoms with E-state index in [1.165, 1.54) is 5.69 Å². The summed E-state index contributed by atoms with van der Waals surface area (Å²) in [7, 11) is 2.13. The van der Waals surface area contributed by atoms with Crippen LogP contribution in [0.15, 0.2) is 24.3 Å². The highest BCUT2D eigenvalue weighted by Gasteiger charge is 2.80. The number of rotatable bonds is 5. The van der Waals surface area contributed by atoms with E-state index >= 15 is 0 Å². The third-order valence-electron chi connectivity index (χ3n) is 6.58. The van der Waals surface area contributed by atoms with Gasteiger partial charge in [0, 0.05) is 37.3 Å². The van der Waals surface area contributed by atoms with Crippen molar-refractivity contribution in [2.75, 3.05) is 44.7 Å². The van der Waals surface area contributed by atoms with Crippen LogP contribution in [0.2, 0.25) is 0 Å². The van der Waals surface area contributed by atoms with Crippen LogP contribution in [0.5, 0.6) is 0 Å². The molecule has 0 amide bonds. The van der Waals surface area contributed by atoms with E-state index in [1.807, 2.05) is 0 Å². The third-order valence-corrected chi connectivity index (χ3v) is 6.58. The number of hydrogen-bond donors (Lipinski definition) is 0. The van der Waals surface area contributed by atoms with Crippen molar-refractivity contribution in [3.8, 4) is 0 Å². The first-order valence-corrected chi connectivity index (χ1v) is 9.41. The van der Waals surface area contributed by atoms with Crippen LogP contribution in [0.1, 0.15) is 31.7 Å². The minimum Gasteiger partial charge on any atom is -0.462 e. The van der Waals surface area contributed by atoms with Crippen LogP contribution in [-0.2, 0) is 14.9 Å². The molecule has 4 nitrogen and oxygen atoms in total. The number of likely N-dealkylation sites (N-methyl/N-ethyl adjacent to an activating group) is 1. The van der Waals surface area contributed by atoms with E-state index in [1.54, 1.807) is 6.92 Å². The van der Waals surface area contributed by atoms with Crippen molar-refractivity contribution in [3.05, 3.63) is 29.8 Å². The summed E-state index contributed by atoms with van der Waals surface area (Å²) >= 11 is 0. The van der Waals surface area contributed by atoms with Gasteiger partial charge in [-0.25, -0.2) is 4.79 Å². The number of piperazine rings is 1. The predicted octanol–water partition coefficient (Wildman–Crippen LogP) is 3.06. The van der Waals surface area contributed by atoms with Crippen molar-refractivity contribution in [2.24, 2.45) is 5.41 Å². The number of nitrogens with zero attached hydrogens (tertiary/aromatic N) is 2. The molecule has 26 heavy (non-hydrogen) atoms. The number of anilines is 1. The lowest BCUT2D eigenvalue weighted by atomic mass is 9.32. The molecule has 0 spiro atoms. The van der Waals surface area contributed by atoms with E-state index in [0.717, 1.165) is 31.7 Å². The van der Waals surface area contributed by atoms with Crippen molar-refractivity contribution in [2.45, 2.75) is 37.5 Å². The molecule has 142 valence electrons. The molecule has 4 fully saturated rings. The maximum Gasteiger partial charge on any atom is 0.377 e. The number of carbonyl (C=O) groups excluding carboxylic acids is 1. The molecule has 0 aromatic heterocycles. The fraction of sp³-hybridized carbons (Fsp3) is 0.650. The number of ether oxygens (including phenoxy) is 1. The van der Waals surface area contributed by atoms with Gasteiger partial charge >= 0.3 is 11.9 Å². The number of hydrogen-bond acceptors (Lipinski definition) is 4. The highest BCUT2D eigenvalue weighted by Crippen LogP contribution is 2.78. The lowest BCUT2D eigenvalue weighted by Gasteiger charge is -2.72. The second-order valence-corrected chi connectivity index (χ2v) is 8.22. The van der Waals surface area contributed by atoms with Gasteiger partial charge in [0.1, 0.15) is 0 Å². The molecule has 1 aliphatic heterocycles. The van der Waals surface area contributed by atoms with Gasteiger partial charge in [0.2, 0.25) is 0 Å². The third kappa shape index (κ3) is 2.45. The average molecular weight is 364 g/mol. The molecule has 1 saturated heterocycles. The van der Waals surface area contributed by atoms with Crippen LogP contribution in [0.3, 0.4) is 0 Å². The fourth-order valence-electron chi connectivity index (χ4n) is 4.96. The Morgan fingerprint density at radius 3 is 2.23 bits per heavy atom. The van der Waals surface area contributed by atoms with Gasteiger partial charge in [-0.15, -0.1) is 0 Å². The lowest BCUT2D eigenvalue weighted by molar-refractivity contribution is -0.279. The molecular formula is C20H26F2N2O2. The van der Waals surface area contributed by atoms with E-state index in [0.29, 0.717) is 19.3 Å². The Hall–Kier alpha value is -1.69. The van der Waals surface area contributed by atoms with Crippen LogP contribution in [0.4, 0.5) is 14.5 Å². The molecule has 0 unspecified atom stereocenters. The molecule has 0 atom stereocenters. The van der Waals surface area contributed by atoms with Crippen molar-refractivity contribution in [1.29, 1.82) is 0 Å². The van der Waals surface area contributed by atoms with Gasteiger partial charge in [-0.3, -0.25) is 0 Å². The summed E-state index contributed by atoms with van der Waals surface area (Å²) in [6.07, 6.45) is 1.12. The largest absolute Gasteiger partial charge is 0.462 e. The van der Waals surface area contributed by atoms with E-state index in [2.05, 4.69) is 45.8 Å². The summed E-state index contributed by atoms with van der Waals surface area (Å²) in [5, 5.41) is 0. The highest BCUT2D eigenvalue weighted by atomic mass is 19.3. The Balaban J connectivity index is 1.41. The second-order valence-electron chi connectivity index (χ2n) is 8.22. The van der Waals surface area contributed by atoms with Gasteiger partial charge in [0.15, 0.2) is 0 Å². The molecule has 1 aromatic rings. The number of benzene rings is 1.